The van der Waals surface area contributed by atoms with E-state index in [-0.39, 0.29) is 24.0 Å². The first kappa shape index (κ1) is 25.4. The number of nitrogens with one attached hydrogen (secondary N) is 2. The number of aromatic nitrogens is 3. The molecule has 3 rings (SSSR count). The average Bonchev–Trinajstić information content (AvgIpc) is 3.07. The van der Waals surface area contributed by atoms with Gasteiger partial charge in [0.25, 0.3) is 0 Å². The van der Waals surface area contributed by atoms with Crippen LogP contribution in [0.3, 0.4) is 0 Å². The predicted octanol–water partition coefficient (Wildman–Crippen LogP) is 2.41. The summed E-state index contributed by atoms with van der Waals surface area (Å²) < 4.78 is 2.07. The van der Waals surface area contributed by atoms with Crippen LogP contribution in [0.4, 0.5) is 5.82 Å². The van der Waals surface area contributed by atoms with Crippen LogP contribution in [-0.4, -0.2) is 71.9 Å². The molecule has 2 N–H and O–H groups in total. The van der Waals surface area contributed by atoms with Gasteiger partial charge < -0.3 is 20.4 Å². The van der Waals surface area contributed by atoms with Crippen molar-refractivity contribution < 1.29 is 0 Å². The predicted molar refractivity (Wildman–Crippen MR) is 138 cm³/mol. The fraction of sp³-hybridized carbons (Fsp3) is 0.591. The molecule has 0 bridgehead atoms. The Morgan fingerprint density at radius 3 is 2.58 bits per heavy atom. The highest BCUT2D eigenvalue weighted by Crippen LogP contribution is 2.15. The van der Waals surface area contributed by atoms with Crippen molar-refractivity contribution in [2.75, 3.05) is 51.2 Å². The molecule has 1 aliphatic rings. The maximum Gasteiger partial charge on any atom is 0.191 e. The Bertz CT molecular complexity index is 827. The normalized spacial score (nSPS) is 15.0. The first-order valence-electron chi connectivity index (χ1n) is 11.0. The lowest BCUT2D eigenvalue weighted by Crippen LogP contribution is -2.44. The topological polar surface area (TPSA) is 73.6 Å². The zero-order valence-electron chi connectivity index (χ0n) is 19.3. The van der Waals surface area contributed by atoms with Gasteiger partial charge in [0, 0.05) is 57.7 Å². The molecule has 3 heterocycles. The summed E-state index contributed by atoms with van der Waals surface area (Å²) in [4.78, 5) is 14.0. The van der Waals surface area contributed by atoms with E-state index in [2.05, 4.69) is 74.3 Å². The van der Waals surface area contributed by atoms with Crippen LogP contribution < -0.4 is 15.5 Å². The summed E-state index contributed by atoms with van der Waals surface area (Å²) in [5.74, 6) is 1.91. The highest BCUT2D eigenvalue weighted by Gasteiger charge is 2.15. The average molecular weight is 540 g/mol. The SMILES string of the molecule is CCNC(=NCc1ccnc(N2CCN(C)CC2)c1)NCCCn1nc(C)cc1C.I. The number of pyridine rings is 1. The van der Waals surface area contributed by atoms with E-state index in [9.17, 15) is 0 Å². The Morgan fingerprint density at radius 2 is 1.90 bits per heavy atom. The standard InChI is InChI=1S/C22H36N8.HI/c1-5-23-22(25-8-6-10-30-19(3)15-18(2)27-30)26-17-20-7-9-24-21(16-20)29-13-11-28(4)12-14-29;/h7,9,15-16H,5-6,8,10-14,17H2,1-4H3,(H2,23,25,26);1H. The van der Waals surface area contributed by atoms with Crippen molar-refractivity contribution >= 4 is 35.8 Å². The van der Waals surface area contributed by atoms with Gasteiger partial charge in [0.2, 0.25) is 0 Å². The number of halogens is 1. The smallest absolute Gasteiger partial charge is 0.191 e. The molecule has 31 heavy (non-hydrogen) atoms. The fourth-order valence-electron chi connectivity index (χ4n) is 3.62. The van der Waals surface area contributed by atoms with Gasteiger partial charge in [-0.1, -0.05) is 0 Å². The Morgan fingerprint density at radius 1 is 1.13 bits per heavy atom. The largest absolute Gasteiger partial charge is 0.357 e. The van der Waals surface area contributed by atoms with Gasteiger partial charge in [-0.3, -0.25) is 4.68 Å². The summed E-state index contributed by atoms with van der Waals surface area (Å²) in [7, 11) is 2.17. The van der Waals surface area contributed by atoms with Crippen LogP contribution in [0.1, 0.15) is 30.3 Å². The van der Waals surface area contributed by atoms with Gasteiger partial charge >= 0.3 is 0 Å². The van der Waals surface area contributed by atoms with Crippen molar-refractivity contribution in [3.05, 3.63) is 41.3 Å². The number of guanidine groups is 1. The molecule has 0 unspecified atom stereocenters. The second-order valence-electron chi connectivity index (χ2n) is 7.94. The van der Waals surface area contributed by atoms with E-state index >= 15 is 0 Å². The molecular formula is C22H37IN8. The van der Waals surface area contributed by atoms with Gasteiger partial charge in [0.15, 0.2) is 5.96 Å². The molecule has 1 fully saturated rings. The van der Waals surface area contributed by atoms with E-state index in [1.807, 2.05) is 13.1 Å². The Balaban J connectivity index is 0.00000341. The zero-order chi connectivity index (χ0) is 21.3. The van der Waals surface area contributed by atoms with E-state index in [0.717, 1.165) is 69.7 Å². The molecule has 0 spiro atoms. The number of likely N-dealkylation sites (N-methyl/N-ethyl adjacent to an activating group) is 1. The molecule has 0 aliphatic carbocycles. The minimum absolute atomic E-state index is 0. The third kappa shape index (κ3) is 7.95. The molecule has 0 amide bonds. The summed E-state index contributed by atoms with van der Waals surface area (Å²) >= 11 is 0. The molecule has 2 aromatic heterocycles. The van der Waals surface area contributed by atoms with Gasteiger partial charge in [-0.15, -0.1) is 24.0 Å². The molecule has 0 aromatic carbocycles. The molecule has 8 nitrogen and oxygen atoms in total. The molecule has 1 saturated heterocycles. The van der Waals surface area contributed by atoms with E-state index in [1.54, 1.807) is 0 Å². The van der Waals surface area contributed by atoms with E-state index < -0.39 is 0 Å². The van der Waals surface area contributed by atoms with Crippen molar-refractivity contribution in [3.8, 4) is 0 Å². The second kappa shape index (κ2) is 12.8. The van der Waals surface area contributed by atoms with Crippen molar-refractivity contribution in [3.63, 3.8) is 0 Å². The summed E-state index contributed by atoms with van der Waals surface area (Å²) in [5, 5.41) is 11.3. The first-order valence-corrected chi connectivity index (χ1v) is 11.0. The van der Waals surface area contributed by atoms with Gasteiger partial charge in [-0.2, -0.15) is 5.10 Å². The molecule has 2 aromatic rings. The van der Waals surface area contributed by atoms with Crippen LogP contribution in [0.15, 0.2) is 29.4 Å². The highest BCUT2D eigenvalue weighted by atomic mass is 127. The van der Waals surface area contributed by atoms with Crippen LogP contribution in [0, 0.1) is 13.8 Å². The number of piperazine rings is 1. The number of hydrogen-bond acceptors (Lipinski definition) is 5. The maximum atomic E-state index is 4.77. The Hall–Kier alpha value is -1.88. The van der Waals surface area contributed by atoms with Gasteiger partial charge in [0.1, 0.15) is 5.82 Å². The lowest BCUT2D eigenvalue weighted by atomic mass is 10.2. The van der Waals surface area contributed by atoms with Gasteiger partial charge in [-0.05, 0) is 58.0 Å². The van der Waals surface area contributed by atoms with Crippen molar-refractivity contribution in [1.82, 2.24) is 30.3 Å². The molecule has 0 radical (unpaired) electrons. The van der Waals surface area contributed by atoms with Crippen LogP contribution in [0.2, 0.25) is 0 Å². The Labute approximate surface area is 203 Å². The summed E-state index contributed by atoms with van der Waals surface area (Å²) in [6, 6.07) is 6.33. The molecule has 0 saturated carbocycles. The zero-order valence-corrected chi connectivity index (χ0v) is 21.6. The minimum Gasteiger partial charge on any atom is -0.357 e. The summed E-state index contributed by atoms with van der Waals surface area (Å²) in [6.07, 6.45) is 2.89. The van der Waals surface area contributed by atoms with Crippen LogP contribution in [-0.2, 0) is 13.1 Å². The number of rotatable bonds is 8. The monoisotopic (exact) mass is 540 g/mol. The van der Waals surface area contributed by atoms with Gasteiger partial charge in [-0.25, -0.2) is 9.98 Å². The van der Waals surface area contributed by atoms with Crippen LogP contribution in [0.25, 0.3) is 0 Å². The molecule has 172 valence electrons. The number of aliphatic imine (C=N–C) groups is 1. The molecular weight excluding hydrogens is 503 g/mol. The van der Waals surface area contributed by atoms with Crippen molar-refractivity contribution in [2.24, 2.45) is 4.99 Å². The molecule has 1 aliphatic heterocycles. The van der Waals surface area contributed by atoms with Crippen molar-refractivity contribution in [2.45, 2.75) is 40.3 Å². The first-order chi connectivity index (χ1) is 14.5. The number of aryl methyl sites for hydroxylation is 3. The van der Waals surface area contributed by atoms with Crippen molar-refractivity contribution in [1.29, 1.82) is 0 Å². The molecule has 0 atom stereocenters. The quantitative estimate of drug-likeness (QED) is 0.232. The number of nitrogens with zero attached hydrogens (tertiary/aromatic N) is 6. The summed E-state index contributed by atoms with van der Waals surface area (Å²) in [5.41, 5.74) is 3.46. The maximum absolute atomic E-state index is 4.77. The van der Waals surface area contributed by atoms with E-state index in [1.165, 1.54) is 11.3 Å². The number of anilines is 1. The van der Waals surface area contributed by atoms with E-state index in [4.69, 9.17) is 4.99 Å². The summed E-state index contributed by atoms with van der Waals surface area (Å²) in [6.45, 7) is 13.7. The lowest BCUT2D eigenvalue weighted by Gasteiger charge is -2.33. The third-order valence-corrected chi connectivity index (χ3v) is 5.34. The lowest BCUT2D eigenvalue weighted by molar-refractivity contribution is 0.312. The number of hydrogen-bond donors (Lipinski definition) is 2. The van der Waals surface area contributed by atoms with Crippen LogP contribution >= 0.6 is 24.0 Å². The third-order valence-electron chi connectivity index (χ3n) is 5.34. The second-order valence-corrected chi connectivity index (χ2v) is 7.94. The Kier molecular flexibility index (Phi) is 10.5. The van der Waals surface area contributed by atoms with Crippen LogP contribution in [0.5, 0.6) is 0 Å². The fourth-order valence-corrected chi connectivity index (χ4v) is 3.62. The minimum atomic E-state index is 0. The molecule has 9 heteroatoms. The van der Waals surface area contributed by atoms with E-state index in [0.29, 0.717) is 6.54 Å². The van der Waals surface area contributed by atoms with Gasteiger partial charge in [0.05, 0.1) is 12.2 Å². The highest BCUT2D eigenvalue weighted by molar-refractivity contribution is 14.0.